The quantitative estimate of drug-likeness (QED) is 0.719. The van der Waals surface area contributed by atoms with Gasteiger partial charge in [0.2, 0.25) is 5.91 Å². The Bertz CT molecular complexity index is 946. The van der Waals surface area contributed by atoms with Crippen molar-refractivity contribution in [3.63, 3.8) is 0 Å². The van der Waals surface area contributed by atoms with Crippen LogP contribution < -0.4 is 11.1 Å². The fourth-order valence-electron chi connectivity index (χ4n) is 3.53. The molecule has 1 saturated heterocycles. The minimum absolute atomic E-state index is 0.236. The number of carbonyl (C=O) groups excluding carboxylic acids is 2. The fraction of sp³-hybridized carbons (Fsp3) is 0.333. The summed E-state index contributed by atoms with van der Waals surface area (Å²) in [5, 5.41) is 2.60. The van der Waals surface area contributed by atoms with Crippen LogP contribution in [0.25, 0.3) is 0 Å². The number of para-hydroxylation sites is 1. The first kappa shape index (κ1) is 21.8. The molecule has 1 heterocycles. The fourth-order valence-corrected chi connectivity index (χ4v) is 3.53. The molecule has 160 valence electrons. The average molecular weight is 423 g/mol. The molecule has 5 nitrogen and oxygen atoms in total. The second-order valence-electron chi connectivity index (χ2n) is 7.28. The van der Waals surface area contributed by atoms with Crippen LogP contribution in [0.2, 0.25) is 0 Å². The summed E-state index contributed by atoms with van der Waals surface area (Å²) in [4.78, 5) is 26.0. The lowest BCUT2D eigenvalue weighted by Crippen LogP contribution is -2.40. The predicted molar refractivity (Wildman–Crippen MR) is 103 cm³/mol. The maximum Gasteiger partial charge on any atom is 0.419 e. The number of nitrogens with zero attached hydrogens (tertiary/aromatic N) is 1. The van der Waals surface area contributed by atoms with Crippen LogP contribution in [0.15, 0.2) is 42.5 Å². The number of hydrogen-bond acceptors (Lipinski definition) is 3. The number of nitrogens with two attached hydrogens (primary N) is 1. The molecule has 2 amide bonds. The van der Waals surface area contributed by atoms with Gasteiger partial charge in [0.25, 0.3) is 5.91 Å². The number of piperidine rings is 1. The van der Waals surface area contributed by atoms with Crippen molar-refractivity contribution in [3.05, 3.63) is 65.0 Å². The summed E-state index contributed by atoms with van der Waals surface area (Å²) in [7, 11) is 0. The lowest BCUT2D eigenvalue weighted by molar-refractivity contribution is -0.140. The minimum atomic E-state index is -4.90. The molecule has 30 heavy (non-hydrogen) atoms. The Morgan fingerprint density at radius 3 is 2.60 bits per heavy atom. The number of hydrogen-bond donors (Lipinski definition) is 2. The van der Waals surface area contributed by atoms with Gasteiger partial charge in [0.15, 0.2) is 0 Å². The van der Waals surface area contributed by atoms with E-state index in [1.54, 1.807) is 24.3 Å². The second-order valence-corrected chi connectivity index (χ2v) is 7.28. The van der Waals surface area contributed by atoms with Crippen molar-refractivity contribution < 1.29 is 27.2 Å². The van der Waals surface area contributed by atoms with Crippen LogP contribution in [0, 0.1) is 11.7 Å². The molecule has 2 aromatic rings. The van der Waals surface area contributed by atoms with Crippen LogP contribution in [0.5, 0.6) is 0 Å². The first-order chi connectivity index (χ1) is 14.1. The smallest absolute Gasteiger partial charge is 0.369 e. The highest BCUT2D eigenvalue weighted by atomic mass is 19.4. The summed E-state index contributed by atoms with van der Waals surface area (Å²) in [6.45, 7) is 1.71. The van der Waals surface area contributed by atoms with E-state index < -0.39 is 23.5 Å². The van der Waals surface area contributed by atoms with E-state index in [1.165, 1.54) is 0 Å². The summed E-state index contributed by atoms with van der Waals surface area (Å²) in [5.41, 5.74) is 4.79. The average Bonchev–Trinajstić information content (AvgIpc) is 2.69. The van der Waals surface area contributed by atoms with Crippen LogP contribution in [-0.4, -0.2) is 29.8 Å². The summed E-state index contributed by atoms with van der Waals surface area (Å²) >= 11 is 0. The molecule has 1 fully saturated rings. The molecule has 1 atom stereocenters. The zero-order valence-corrected chi connectivity index (χ0v) is 16.0. The number of alkyl halides is 3. The van der Waals surface area contributed by atoms with Gasteiger partial charge in [-0.05, 0) is 49.2 Å². The summed E-state index contributed by atoms with van der Waals surface area (Å²) in [5.74, 6) is -2.80. The number of amides is 2. The van der Waals surface area contributed by atoms with Crippen molar-refractivity contribution in [3.8, 4) is 0 Å². The molecule has 0 aliphatic carbocycles. The molecule has 0 bridgehead atoms. The molecule has 3 N–H and O–H groups in total. The molecule has 1 unspecified atom stereocenters. The van der Waals surface area contributed by atoms with E-state index in [1.807, 2.05) is 4.90 Å². The van der Waals surface area contributed by atoms with Crippen molar-refractivity contribution in [1.29, 1.82) is 0 Å². The Morgan fingerprint density at radius 1 is 1.17 bits per heavy atom. The first-order valence-corrected chi connectivity index (χ1v) is 9.43. The van der Waals surface area contributed by atoms with Gasteiger partial charge in [-0.3, -0.25) is 14.5 Å². The Hall–Kier alpha value is -2.94. The highest BCUT2D eigenvalue weighted by Crippen LogP contribution is 2.32. The molecular formula is C21H21F4N3O2. The Morgan fingerprint density at radius 2 is 1.90 bits per heavy atom. The predicted octanol–water partition coefficient (Wildman–Crippen LogP) is 3.79. The topological polar surface area (TPSA) is 75.4 Å². The Labute approximate surface area is 170 Å². The largest absolute Gasteiger partial charge is 0.419 e. The number of rotatable bonds is 5. The van der Waals surface area contributed by atoms with Crippen LogP contribution in [0.3, 0.4) is 0 Å². The van der Waals surface area contributed by atoms with Gasteiger partial charge in [0.05, 0.1) is 11.5 Å². The monoisotopic (exact) mass is 423 g/mol. The molecule has 1 aliphatic heterocycles. The zero-order valence-electron chi connectivity index (χ0n) is 16.0. The van der Waals surface area contributed by atoms with Crippen LogP contribution in [0.4, 0.5) is 23.2 Å². The number of halogens is 4. The SMILES string of the molecule is NC(=O)C1CCCN(Cc2ccccc2NC(=O)c2ccc(F)c(C(F)(F)F)c2)C1. The van der Waals surface area contributed by atoms with Gasteiger partial charge in [0.1, 0.15) is 5.82 Å². The first-order valence-electron chi connectivity index (χ1n) is 9.43. The van der Waals surface area contributed by atoms with Crippen molar-refractivity contribution >= 4 is 17.5 Å². The Balaban J connectivity index is 1.77. The number of primary amides is 1. The van der Waals surface area contributed by atoms with E-state index >= 15 is 0 Å². The summed E-state index contributed by atoms with van der Waals surface area (Å²) in [6, 6.07) is 9.01. The highest BCUT2D eigenvalue weighted by Gasteiger charge is 2.34. The van der Waals surface area contributed by atoms with Gasteiger partial charge >= 0.3 is 6.18 Å². The number of carbonyl (C=O) groups is 2. The van der Waals surface area contributed by atoms with E-state index in [4.69, 9.17) is 5.73 Å². The molecule has 9 heteroatoms. The van der Waals surface area contributed by atoms with Crippen molar-refractivity contribution in [2.75, 3.05) is 18.4 Å². The van der Waals surface area contributed by atoms with E-state index in [9.17, 15) is 27.2 Å². The molecule has 0 saturated carbocycles. The number of likely N-dealkylation sites (tertiary alicyclic amines) is 1. The zero-order chi connectivity index (χ0) is 21.9. The van der Waals surface area contributed by atoms with E-state index in [0.717, 1.165) is 31.0 Å². The third-order valence-corrected chi connectivity index (χ3v) is 5.10. The van der Waals surface area contributed by atoms with Gasteiger partial charge in [-0.15, -0.1) is 0 Å². The van der Waals surface area contributed by atoms with Crippen molar-refractivity contribution in [2.45, 2.75) is 25.6 Å². The standard InChI is InChI=1S/C21H21F4N3O2/c22-17-8-7-13(10-16(17)21(23,24)25)20(30)27-18-6-2-1-4-14(18)11-28-9-3-5-15(12-28)19(26)29/h1-2,4,6-8,10,15H,3,5,9,11-12H2,(H2,26,29)(H,27,30). The van der Waals surface area contributed by atoms with Crippen LogP contribution in [0.1, 0.15) is 34.3 Å². The molecule has 3 rings (SSSR count). The van der Waals surface area contributed by atoms with Gasteiger partial charge in [-0.25, -0.2) is 4.39 Å². The summed E-state index contributed by atoms with van der Waals surface area (Å²) < 4.78 is 52.2. The number of benzene rings is 2. The lowest BCUT2D eigenvalue weighted by Gasteiger charge is -2.31. The maximum atomic E-state index is 13.5. The third-order valence-electron chi connectivity index (χ3n) is 5.10. The van der Waals surface area contributed by atoms with Crippen molar-refractivity contribution in [2.24, 2.45) is 11.7 Å². The van der Waals surface area contributed by atoms with Crippen LogP contribution >= 0.6 is 0 Å². The number of nitrogens with one attached hydrogen (secondary N) is 1. The molecule has 0 aromatic heterocycles. The van der Waals surface area contributed by atoms with Gasteiger partial charge in [-0.1, -0.05) is 18.2 Å². The van der Waals surface area contributed by atoms with Gasteiger partial charge in [-0.2, -0.15) is 13.2 Å². The molecular weight excluding hydrogens is 402 g/mol. The highest BCUT2D eigenvalue weighted by molar-refractivity contribution is 6.04. The second kappa shape index (κ2) is 8.83. The number of anilines is 1. The normalized spacial score (nSPS) is 17.5. The third kappa shape index (κ3) is 5.15. The van der Waals surface area contributed by atoms with Crippen LogP contribution in [-0.2, 0) is 17.5 Å². The van der Waals surface area contributed by atoms with E-state index in [-0.39, 0.29) is 17.4 Å². The van der Waals surface area contributed by atoms with Gasteiger partial charge < -0.3 is 11.1 Å². The molecule has 0 radical (unpaired) electrons. The van der Waals surface area contributed by atoms with Crippen molar-refractivity contribution in [1.82, 2.24) is 4.90 Å². The Kier molecular flexibility index (Phi) is 6.40. The maximum absolute atomic E-state index is 13.5. The summed E-state index contributed by atoms with van der Waals surface area (Å²) in [6.07, 6.45) is -3.35. The minimum Gasteiger partial charge on any atom is -0.369 e. The molecule has 0 spiro atoms. The van der Waals surface area contributed by atoms with E-state index in [0.29, 0.717) is 30.9 Å². The molecule has 2 aromatic carbocycles. The van der Waals surface area contributed by atoms with Gasteiger partial charge in [0, 0.05) is 24.3 Å². The van der Waals surface area contributed by atoms with E-state index in [2.05, 4.69) is 5.32 Å². The molecule has 1 aliphatic rings. The lowest BCUT2D eigenvalue weighted by atomic mass is 9.97.